The van der Waals surface area contributed by atoms with Gasteiger partial charge in [-0.05, 0) is 37.0 Å². The van der Waals surface area contributed by atoms with Gasteiger partial charge in [0.15, 0.2) is 12.4 Å². The van der Waals surface area contributed by atoms with Crippen LogP contribution in [0.2, 0.25) is 0 Å². The fraction of sp³-hybridized carbons (Fsp3) is 0.400. The predicted octanol–water partition coefficient (Wildman–Crippen LogP) is 2.58. The number of carbonyl (C=O) groups excluding carboxylic acids is 3. The first kappa shape index (κ1) is 21.1. The largest absolute Gasteiger partial charge is 0.454 e. The van der Waals surface area contributed by atoms with Crippen LogP contribution in [0.15, 0.2) is 34.9 Å². The Balaban J connectivity index is 1.82. The summed E-state index contributed by atoms with van der Waals surface area (Å²) >= 11 is 0. The summed E-state index contributed by atoms with van der Waals surface area (Å²) in [6.07, 6.45) is 0. The average molecular weight is 387 g/mol. The van der Waals surface area contributed by atoms with E-state index in [2.05, 4.69) is 36.6 Å². The van der Waals surface area contributed by atoms with E-state index in [4.69, 9.17) is 9.26 Å². The minimum absolute atomic E-state index is 0.0165. The zero-order chi connectivity index (χ0) is 20.9. The number of aromatic nitrogens is 1. The summed E-state index contributed by atoms with van der Waals surface area (Å²) in [4.78, 5) is 36.0. The first-order chi connectivity index (χ1) is 13.1. The van der Waals surface area contributed by atoms with Gasteiger partial charge in [-0.25, -0.2) is 4.79 Å². The normalized spacial score (nSPS) is 12.2. The molecule has 0 unspecified atom stereocenters. The molecule has 0 aliphatic rings. The van der Waals surface area contributed by atoms with E-state index in [9.17, 15) is 14.4 Å². The highest BCUT2D eigenvalue weighted by molar-refractivity contribution is 5.97. The van der Waals surface area contributed by atoms with Gasteiger partial charge < -0.3 is 19.9 Å². The highest BCUT2D eigenvalue weighted by Crippen LogP contribution is 2.22. The van der Waals surface area contributed by atoms with Gasteiger partial charge in [-0.15, -0.1) is 0 Å². The van der Waals surface area contributed by atoms with Gasteiger partial charge in [-0.2, -0.15) is 0 Å². The Bertz CT molecular complexity index is 849. The van der Waals surface area contributed by atoms with Gasteiger partial charge in [0.2, 0.25) is 0 Å². The SMILES string of the molecule is Cc1cc(NC(=O)COC(=O)[C@H](C)NC(=O)c2ccc(C(C)(C)C)cc2)no1. The molecule has 28 heavy (non-hydrogen) atoms. The summed E-state index contributed by atoms with van der Waals surface area (Å²) in [5.74, 6) is -0.894. The molecule has 2 amide bonds. The van der Waals surface area contributed by atoms with Crippen LogP contribution in [-0.4, -0.2) is 35.6 Å². The monoisotopic (exact) mass is 387 g/mol. The number of anilines is 1. The molecule has 1 aromatic heterocycles. The van der Waals surface area contributed by atoms with E-state index >= 15 is 0 Å². The van der Waals surface area contributed by atoms with Gasteiger partial charge in [-0.1, -0.05) is 38.1 Å². The van der Waals surface area contributed by atoms with Crippen molar-refractivity contribution in [2.45, 2.75) is 46.1 Å². The van der Waals surface area contributed by atoms with Crippen molar-refractivity contribution in [3.8, 4) is 0 Å². The molecule has 0 aliphatic carbocycles. The van der Waals surface area contributed by atoms with Crippen LogP contribution in [0.5, 0.6) is 0 Å². The number of carbonyl (C=O) groups is 3. The zero-order valence-corrected chi connectivity index (χ0v) is 16.7. The second kappa shape index (κ2) is 8.69. The maximum atomic E-state index is 12.3. The summed E-state index contributed by atoms with van der Waals surface area (Å²) in [7, 11) is 0. The first-order valence-electron chi connectivity index (χ1n) is 8.87. The molecular formula is C20H25N3O5. The average Bonchev–Trinajstić information content (AvgIpc) is 3.03. The molecule has 8 heteroatoms. The Morgan fingerprint density at radius 3 is 2.36 bits per heavy atom. The lowest BCUT2D eigenvalue weighted by atomic mass is 9.86. The number of nitrogens with zero attached hydrogens (tertiary/aromatic N) is 1. The third kappa shape index (κ3) is 5.94. The molecular weight excluding hydrogens is 362 g/mol. The number of aryl methyl sites for hydroxylation is 1. The summed E-state index contributed by atoms with van der Waals surface area (Å²) < 4.78 is 9.74. The lowest BCUT2D eigenvalue weighted by molar-refractivity contribution is -0.148. The van der Waals surface area contributed by atoms with Gasteiger partial charge in [0.25, 0.3) is 11.8 Å². The van der Waals surface area contributed by atoms with E-state index in [0.29, 0.717) is 11.3 Å². The molecule has 150 valence electrons. The van der Waals surface area contributed by atoms with Crippen molar-refractivity contribution in [2.75, 3.05) is 11.9 Å². The third-order valence-corrected chi connectivity index (χ3v) is 3.96. The Kier molecular flexibility index (Phi) is 6.56. The summed E-state index contributed by atoms with van der Waals surface area (Å²) in [5, 5.41) is 8.60. The first-order valence-corrected chi connectivity index (χ1v) is 8.87. The molecule has 0 saturated carbocycles. The van der Waals surface area contributed by atoms with Crippen molar-refractivity contribution in [1.82, 2.24) is 10.5 Å². The predicted molar refractivity (Wildman–Crippen MR) is 103 cm³/mol. The molecule has 0 saturated heterocycles. The van der Waals surface area contributed by atoms with Crippen molar-refractivity contribution in [3.05, 3.63) is 47.2 Å². The van der Waals surface area contributed by atoms with Crippen molar-refractivity contribution in [2.24, 2.45) is 0 Å². The van der Waals surface area contributed by atoms with Crippen LogP contribution >= 0.6 is 0 Å². The molecule has 1 aromatic carbocycles. The van der Waals surface area contributed by atoms with E-state index in [1.807, 2.05) is 12.1 Å². The number of nitrogens with one attached hydrogen (secondary N) is 2. The number of hydrogen-bond acceptors (Lipinski definition) is 6. The van der Waals surface area contributed by atoms with Crippen LogP contribution in [-0.2, 0) is 19.7 Å². The van der Waals surface area contributed by atoms with E-state index in [-0.39, 0.29) is 11.2 Å². The quantitative estimate of drug-likeness (QED) is 0.737. The maximum Gasteiger partial charge on any atom is 0.328 e. The molecule has 2 N–H and O–H groups in total. The van der Waals surface area contributed by atoms with Gasteiger partial charge in [0.05, 0.1) is 0 Å². The molecule has 2 rings (SSSR count). The van der Waals surface area contributed by atoms with Crippen LogP contribution in [0.4, 0.5) is 5.82 Å². The van der Waals surface area contributed by atoms with Crippen LogP contribution in [0.25, 0.3) is 0 Å². The number of ether oxygens (including phenoxy) is 1. The minimum atomic E-state index is -0.906. The summed E-state index contributed by atoms with van der Waals surface area (Å²) in [6.45, 7) is 8.93. The van der Waals surface area contributed by atoms with Crippen LogP contribution in [0.3, 0.4) is 0 Å². The molecule has 8 nitrogen and oxygen atoms in total. The molecule has 0 spiro atoms. The van der Waals surface area contributed by atoms with Crippen molar-refractivity contribution in [1.29, 1.82) is 0 Å². The lowest BCUT2D eigenvalue weighted by Gasteiger charge is -2.19. The highest BCUT2D eigenvalue weighted by atomic mass is 16.5. The van der Waals surface area contributed by atoms with Crippen molar-refractivity contribution >= 4 is 23.6 Å². The standard InChI is InChI=1S/C20H25N3O5/c1-12-10-16(23-28-12)22-17(24)11-27-19(26)13(2)21-18(25)14-6-8-15(9-7-14)20(3,4)5/h6-10,13H,11H2,1-5H3,(H,21,25)(H,22,23,24)/t13-/m0/s1. The number of rotatable bonds is 6. The van der Waals surface area contributed by atoms with Crippen LogP contribution in [0.1, 0.15) is 49.4 Å². The topological polar surface area (TPSA) is 111 Å². The van der Waals surface area contributed by atoms with E-state index in [1.54, 1.807) is 19.1 Å². The number of amides is 2. The Morgan fingerprint density at radius 1 is 1.18 bits per heavy atom. The lowest BCUT2D eigenvalue weighted by Crippen LogP contribution is -2.40. The Morgan fingerprint density at radius 2 is 1.82 bits per heavy atom. The Hall–Kier alpha value is -3.16. The third-order valence-electron chi connectivity index (χ3n) is 3.96. The molecule has 0 bridgehead atoms. The molecule has 0 radical (unpaired) electrons. The van der Waals surface area contributed by atoms with Crippen molar-refractivity contribution in [3.63, 3.8) is 0 Å². The molecule has 1 heterocycles. The van der Waals surface area contributed by atoms with Gasteiger partial charge in [0, 0.05) is 11.6 Å². The molecule has 0 aliphatic heterocycles. The number of esters is 1. The van der Waals surface area contributed by atoms with E-state index in [1.165, 1.54) is 13.0 Å². The fourth-order valence-corrected chi connectivity index (χ4v) is 2.33. The second-order valence-electron chi connectivity index (χ2n) is 7.50. The van der Waals surface area contributed by atoms with Crippen LogP contribution in [0, 0.1) is 6.92 Å². The summed E-state index contributed by atoms with van der Waals surface area (Å²) in [5.41, 5.74) is 1.52. The minimum Gasteiger partial charge on any atom is -0.454 e. The molecule has 2 aromatic rings. The molecule has 0 fully saturated rings. The summed E-state index contributed by atoms with van der Waals surface area (Å²) in [6, 6.07) is 7.81. The van der Waals surface area contributed by atoms with E-state index in [0.717, 1.165) is 5.56 Å². The maximum absolute atomic E-state index is 12.3. The van der Waals surface area contributed by atoms with Gasteiger partial charge in [-0.3, -0.25) is 9.59 Å². The zero-order valence-electron chi connectivity index (χ0n) is 16.7. The highest BCUT2D eigenvalue weighted by Gasteiger charge is 2.20. The second-order valence-corrected chi connectivity index (χ2v) is 7.50. The smallest absolute Gasteiger partial charge is 0.328 e. The Labute approximate surface area is 163 Å². The van der Waals surface area contributed by atoms with Gasteiger partial charge >= 0.3 is 5.97 Å². The number of hydrogen-bond donors (Lipinski definition) is 2. The van der Waals surface area contributed by atoms with Crippen LogP contribution < -0.4 is 10.6 Å². The van der Waals surface area contributed by atoms with Gasteiger partial charge in [0.1, 0.15) is 11.8 Å². The van der Waals surface area contributed by atoms with E-state index < -0.39 is 30.4 Å². The number of benzene rings is 1. The van der Waals surface area contributed by atoms with Crippen molar-refractivity contribution < 1.29 is 23.6 Å². The molecule has 1 atom stereocenters. The fourth-order valence-electron chi connectivity index (χ4n) is 2.33.